The molecule has 1 aliphatic rings. The van der Waals surface area contributed by atoms with Crippen LogP contribution in [-0.2, 0) is 11.2 Å². The Balaban J connectivity index is 1.86. The number of benzene rings is 1. The van der Waals surface area contributed by atoms with E-state index in [9.17, 15) is 4.79 Å². The Morgan fingerprint density at radius 1 is 1.56 bits per heavy atom. The first-order chi connectivity index (χ1) is 8.66. The van der Waals surface area contributed by atoms with Crippen molar-refractivity contribution in [2.45, 2.75) is 25.8 Å². The maximum atomic E-state index is 12.0. The third-order valence-corrected chi connectivity index (χ3v) is 4.08. The van der Waals surface area contributed by atoms with E-state index in [1.165, 1.54) is 5.56 Å². The second-order valence-corrected chi connectivity index (χ2v) is 5.75. The van der Waals surface area contributed by atoms with Gasteiger partial charge in [-0.15, -0.1) is 0 Å². The second-order valence-electron chi connectivity index (χ2n) is 4.89. The van der Waals surface area contributed by atoms with Crippen molar-refractivity contribution < 1.29 is 4.79 Å². The van der Waals surface area contributed by atoms with Gasteiger partial charge in [0.15, 0.2) is 0 Å². The van der Waals surface area contributed by atoms with Crippen molar-refractivity contribution in [1.29, 1.82) is 0 Å². The smallest absolute Gasteiger partial charge is 0.224 e. The van der Waals surface area contributed by atoms with Crippen molar-refractivity contribution in [3.8, 4) is 0 Å². The van der Waals surface area contributed by atoms with Crippen LogP contribution in [-0.4, -0.2) is 25.0 Å². The Hall–Kier alpha value is -0.870. The van der Waals surface area contributed by atoms with Crippen LogP contribution in [0.2, 0.25) is 0 Å². The molecule has 1 heterocycles. The number of carbonyl (C=O) groups excluding carboxylic acids is 1. The number of halogens is 1. The molecule has 1 saturated heterocycles. The van der Waals surface area contributed by atoms with Crippen LogP contribution < -0.4 is 10.6 Å². The van der Waals surface area contributed by atoms with Crippen LogP contribution in [0, 0.1) is 5.92 Å². The summed E-state index contributed by atoms with van der Waals surface area (Å²) < 4.78 is 1.11. The zero-order chi connectivity index (χ0) is 13.0. The fourth-order valence-corrected chi connectivity index (χ4v) is 2.73. The molecule has 3 nitrogen and oxygen atoms in total. The summed E-state index contributed by atoms with van der Waals surface area (Å²) >= 11 is 3.53. The standard InChI is InChI=1S/C14H19BrN2O/c1-10(8-11-4-2-3-5-13(11)15)17-14(18)12-6-7-16-9-12/h2-5,10,12,16H,6-9H2,1H3,(H,17,18). The molecule has 0 aromatic heterocycles. The van der Waals surface area contributed by atoms with Gasteiger partial charge in [-0.3, -0.25) is 4.79 Å². The lowest BCUT2D eigenvalue weighted by atomic mass is 10.0. The molecule has 1 aromatic rings. The fraction of sp³-hybridized carbons (Fsp3) is 0.500. The van der Waals surface area contributed by atoms with E-state index >= 15 is 0 Å². The molecule has 0 bridgehead atoms. The van der Waals surface area contributed by atoms with Gasteiger partial charge in [0, 0.05) is 17.1 Å². The minimum atomic E-state index is 0.145. The zero-order valence-electron chi connectivity index (χ0n) is 10.6. The van der Waals surface area contributed by atoms with Crippen LogP contribution in [0.1, 0.15) is 18.9 Å². The highest BCUT2D eigenvalue weighted by Gasteiger charge is 2.23. The summed E-state index contributed by atoms with van der Waals surface area (Å²) in [6, 6.07) is 8.31. The van der Waals surface area contributed by atoms with Gasteiger partial charge in [0.05, 0.1) is 5.92 Å². The molecule has 0 aliphatic carbocycles. The predicted octanol–water partition coefficient (Wildman–Crippen LogP) is 2.11. The molecule has 1 fully saturated rings. The summed E-state index contributed by atoms with van der Waals surface area (Å²) in [7, 11) is 0. The molecule has 18 heavy (non-hydrogen) atoms. The average Bonchev–Trinajstić information content (AvgIpc) is 2.85. The van der Waals surface area contributed by atoms with Crippen LogP contribution in [0.5, 0.6) is 0 Å². The monoisotopic (exact) mass is 310 g/mol. The van der Waals surface area contributed by atoms with Crippen molar-refractivity contribution in [3.05, 3.63) is 34.3 Å². The first kappa shape index (κ1) is 13.6. The van der Waals surface area contributed by atoms with Crippen LogP contribution in [0.25, 0.3) is 0 Å². The molecule has 2 rings (SSSR count). The van der Waals surface area contributed by atoms with E-state index in [4.69, 9.17) is 0 Å². The molecule has 0 spiro atoms. The molecule has 1 amide bonds. The van der Waals surface area contributed by atoms with Crippen LogP contribution in [0.15, 0.2) is 28.7 Å². The van der Waals surface area contributed by atoms with E-state index in [2.05, 4.69) is 39.6 Å². The quantitative estimate of drug-likeness (QED) is 0.894. The van der Waals surface area contributed by atoms with Gasteiger partial charge in [-0.05, 0) is 37.9 Å². The molecule has 4 heteroatoms. The van der Waals surface area contributed by atoms with Gasteiger partial charge < -0.3 is 10.6 Å². The fourth-order valence-electron chi connectivity index (χ4n) is 2.28. The normalized spacial score (nSPS) is 20.7. The van der Waals surface area contributed by atoms with Crippen molar-refractivity contribution in [1.82, 2.24) is 10.6 Å². The molecule has 2 atom stereocenters. The summed E-state index contributed by atoms with van der Waals surface area (Å²) in [4.78, 5) is 12.0. The van der Waals surface area contributed by atoms with E-state index in [-0.39, 0.29) is 17.9 Å². The molecule has 2 N–H and O–H groups in total. The first-order valence-corrected chi connectivity index (χ1v) is 7.20. The lowest BCUT2D eigenvalue weighted by Crippen LogP contribution is -2.39. The van der Waals surface area contributed by atoms with Crippen molar-refractivity contribution in [3.63, 3.8) is 0 Å². The van der Waals surface area contributed by atoms with Crippen molar-refractivity contribution in [2.24, 2.45) is 5.92 Å². The molecule has 0 radical (unpaired) electrons. The number of rotatable bonds is 4. The van der Waals surface area contributed by atoms with Gasteiger partial charge in [0.25, 0.3) is 0 Å². The third kappa shape index (κ3) is 3.56. The van der Waals surface area contributed by atoms with E-state index < -0.39 is 0 Å². The van der Waals surface area contributed by atoms with Crippen molar-refractivity contribution >= 4 is 21.8 Å². The Bertz CT molecular complexity index is 416. The molecule has 2 unspecified atom stereocenters. The van der Waals surface area contributed by atoms with E-state index in [0.29, 0.717) is 0 Å². The minimum absolute atomic E-state index is 0.145. The summed E-state index contributed by atoms with van der Waals surface area (Å²) in [5, 5.41) is 6.31. The summed E-state index contributed by atoms with van der Waals surface area (Å²) in [5.41, 5.74) is 1.23. The average molecular weight is 311 g/mol. The van der Waals surface area contributed by atoms with Gasteiger partial charge in [-0.1, -0.05) is 34.1 Å². The van der Waals surface area contributed by atoms with Gasteiger partial charge >= 0.3 is 0 Å². The molecular formula is C14H19BrN2O. The molecule has 98 valence electrons. The third-order valence-electron chi connectivity index (χ3n) is 3.30. The lowest BCUT2D eigenvalue weighted by Gasteiger charge is -2.17. The van der Waals surface area contributed by atoms with Gasteiger partial charge in [-0.2, -0.15) is 0 Å². The van der Waals surface area contributed by atoms with E-state index in [1.807, 2.05) is 18.2 Å². The van der Waals surface area contributed by atoms with Crippen LogP contribution >= 0.6 is 15.9 Å². The number of carbonyl (C=O) groups is 1. The Morgan fingerprint density at radius 2 is 2.33 bits per heavy atom. The molecular weight excluding hydrogens is 292 g/mol. The SMILES string of the molecule is CC(Cc1ccccc1Br)NC(=O)C1CCNC1. The topological polar surface area (TPSA) is 41.1 Å². The highest BCUT2D eigenvalue weighted by Crippen LogP contribution is 2.17. The van der Waals surface area contributed by atoms with Crippen LogP contribution in [0.3, 0.4) is 0 Å². The summed E-state index contributed by atoms with van der Waals surface area (Å²) in [5.74, 6) is 0.325. The highest BCUT2D eigenvalue weighted by atomic mass is 79.9. The van der Waals surface area contributed by atoms with E-state index in [1.54, 1.807) is 0 Å². The largest absolute Gasteiger partial charge is 0.353 e. The zero-order valence-corrected chi connectivity index (χ0v) is 12.2. The Labute approximate surface area is 116 Å². The van der Waals surface area contributed by atoms with Gasteiger partial charge in [-0.25, -0.2) is 0 Å². The first-order valence-electron chi connectivity index (χ1n) is 6.41. The number of nitrogens with one attached hydrogen (secondary N) is 2. The Kier molecular flexibility index (Phi) is 4.78. The van der Waals surface area contributed by atoms with Crippen molar-refractivity contribution in [2.75, 3.05) is 13.1 Å². The number of hydrogen-bond donors (Lipinski definition) is 2. The van der Waals surface area contributed by atoms with Gasteiger partial charge in [0.2, 0.25) is 5.91 Å². The second kappa shape index (κ2) is 6.34. The van der Waals surface area contributed by atoms with E-state index in [0.717, 1.165) is 30.4 Å². The molecule has 1 aromatic carbocycles. The number of amides is 1. The number of hydrogen-bond acceptors (Lipinski definition) is 2. The predicted molar refractivity (Wildman–Crippen MR) is 76.4 cm³/mol. The maximum absolute atomic E-state index is 12.0. The van der Waals surface area contributed by atoms with Crippen LogP contribution in [0.4, 0.5) is 0 Å². The molecule has 1 aliphatic heterocycles. The van der Waals surface area contributed by atoms with Gasteiger partial charge in [0.1, 0.15) is 0 Å². The summed E-state index contributed by atoms with van der Waals surface area (Å²) in [6.45, 7) is 3.82. The maximum Gasteiger partial charge on any atom is 0.224 e. The minimum Gasteiger partial charge on any atom is -0.353 e. The lowest BCUT2D eigenvalue weighted by molar-refractivity contribution is -0.125. The molecule has 0 saturated carbocycles. The highest BCUT2D eigenvalue weighted by molar-refractivity contribution is 9.10. The Morgan fingerprint density at radius 3 is 3.00 bits per heavy atom. The summed E-state index contributed by atoms with van der Waals surface area (Å²) in [6.07, 6.45) is 1.81.